The quantitative estimate of drug-likeness (QED) is 0.935. The molecule has 25 heavy (non-hydrogen) atoms. The van der Waals surface area contributed by atoms with E-state index in [2.05, 4.69) is 31.1 Å². The summed E-state index contributed by atoms with van der Waals surface area (Å²) < 4.78 is 1.51. The molecule has 1 amide bonds. The zero-order valence-electron chi connectivity index (χ0n) is 15.1. The highest BCUT2D eigenvalue weighted by Gasteiger charge is 2.61. The normalized spacial score (nSPS) is 29.9. The van der Waals surface area contributed by atoms with Crippen molar-refractivity contribution in [3.63, 3.8) is 0 Å². The Morgan fingerprint density at radius 1 is 1.32 bits per heavy atom. The number of rotatable bonds is 3. The zero-order valence-corrected chi connectivity index (χ0v) is 15.1. The van der Waals surface area contributed by atoms with Crippen molar-refractivity contribution in [2.24, 2.45) is 16.7 Å². The molecule has 2 aromatic rings. The molecular formula is C20H25N3O2. The van der Waals surface area contributed by atoms with Crippen LogP contribution in [0.25, 0.3) is 11.0 Å². The van der Waals surface area contributed by atoms with Gasteiger partial charge in [-0.2, -0.15) is 0 Å². The number of carbonyl (C=O) groups is 1. The van der Waals surface area contributed by atoms with Gasteiger partial charge in [0.05, 0.1) is 17.2 Å². The van der Waals surface area contributed by atoms with Crippen molar-refractivity contribution in [2.75, 3.05) is 0 Å². The number of nitrogens with zero attached hydrogens (tertiary/aromatic N) is 2. The van der Waals surface area contributed by atoms with E-state index in [4.69, 9.17) is 0 Å². The second kappa shape index (κ2) is 5.41. The van der Waals surface area contributed by atoms with E-state index in [1.807, 2.05) is 24.3 Å². The molecule has 3 atom stereocenters. The second-order valence-electron chi connectivity index (χ2n) is 8.40. The summed E-state index contributed by atoms with van der Waals surface area (Å²) in [6.07, 6.45) is 4.75. The predicted octanol–water partition coefficient (Wildman–Crippen LogP) is 2.73. The standard InChI is InChI=1S/C20H25N3O2/c1-19(2)13-8-9-20(19,3)16(10-13)22-17(24)12-23-15-7-5-4-6-14(15)21-11-18(23)25/h4-7,11,13,16H,8-10,12H2,1-3H3,(H,22,24)/t13-,16+,20+/m1/s1. The number of hydrogen-bond acceptors (Lipinski definition) is 3. The third kappa shape index (κ3) is 2.32. The van der Waals surface area contributed by atoms with Crippen molar-refractivity contribution in [1.82, 2.24) is 14.9 Å². The largest absolute Gasteiger partial charge is 0.351 e. The predicted molar refractivity (Wildman–Crippen MR) is 97.2 cm³/mol. The Morgan fingerprint density at radius 3 is 2.76 bits per heavy atom. The molecule has 5 heteroatoms. The minimum atomic E-state index is -0.242. The molecule has 5 nitrogen and oxygen atoms in total. The Morgan fingerprint density at radius 2 is 2.08 bits per heavy atom. The van der Waals surface area contributed by atoms with Crippen LogP contribution in [-0.4, -0.2) is 21.5 Å². The summed E-state index contributed by atoms with van der Waals surface area (Å²) in [5.74, 6) is 0.584. The van der Waals surface area contributed by atoms with Gasteiger partial charge in [0.2, 0.25) is 5.91 Å². The SMILES string of the molecule is CC1(C)[C@@H]2CC[C@@]1(C)[C@@H](NC(=O)Cn1c(=O)cnc3ccccc31)C2. The van der Waals surface area contributed by atoms with E-state index in [1.54, 1.807) is 0 Å². The maximum Gasteiger partial charge on any atom is 0.269 e. The number of benzene rings is 1. The molecule has 1 N–H and O–H groups in total. The van der Waals surface area contributed by atoms with Gasteiger partial charge in [0.25, 0.3) is 5.56 Å². The topological polar surface area (TPSA) is 64.0 Å². The maximum atomic E-state index is 12.7. The van der Waals surface area contributed by atoms with E-state index < -0.39 is 0 Å². The van der Waals surface area contributed by atoms with Gasteiger partial charge < -0.3 is 5.32 Å². The third-order valence-corrected chi connectivity index (χ3v) is 7.18. The van der Waals surface area contributed by atoms with E-state index in [9.17, 15) is 9.59 Å². The highest BCUT2D eigenvalue weighted by molar-refractivity contribution is 5.80. The summed E-state index contributed by atoms with van der Waals surface area (Å²) in [5, 5.41) is 3.23. The molecule has 132 valence electrons. The fraction of sp³-hybridized carbons (Fsp3) is 0.550. The van der Waals surface area contributed by atoms with Gasteiger partial charge in [-0.3, -0.25) is 14.2 Å². The molecule has 0 radical (unpaired) electrons. The highest BCUT2D eigenvalue weighted by Crippen LogP contribution is 2.65. The summed E-state index contributed by atoms with van der Waals surface area (Å²) in [6.45, 7) is 7.01. The van der Waals surface area contributed by atoms with Crippen molar-refractivity contribution in [1.29, 1.82) is 0 Å². The summed E-state index contributed by atoms with van der Waals surface area (Å²) in [4.78, 5) is 29.1. The van der Waals surface area contributed by atoms with Crippen LogP contribution in [0.15, 0.2) is 35.3 Å². The molecule has 1 aromatic carbocycles. The van der Waals surface area contributed by atoms with Crippen LogP contribution in [0.2, 0.25) is 0 Å². The minimum Gasteiger partial charge on any atom is -0.351 e. The van der Waals surface area contributed by atoms with Crippen LogP contribution in [0.4, 0.5) is 0 Å². The highest BCUT2D eigenvalue weighted by atomic mass is 16.2. The smallest absolute Gasteiger partial charge is 0.269 e. The second-order valence-corrected chi connectivity index (χ2v) is 8.40. The molecule has 4 rings (SSSR count). The van der Waals surface area contributed by atoms with E-state index >= 15 is 0 Å². The lowest BCUT2D eigenvalue weighted by atomic mass is 9.69. The third-order valence-electron chi connectivity index (χ3n) is 7.18. The summed E-state index contributed by atoms with van der Waals surface area (Å²) in [7, 11) is 0. The first-order valence-electron chi connectivity index (χ1n) is 9.07. The van der Waals surface area contributed by atoms with E-state index in [0.717, 1.165) is 18.4 Å². The average molecular weight is 339 g/mol. The van der Waals surface area contributed by atoms with Crippen molar-refractivity contribution < 1.29 is 4.79 Å². The lowest BCUT2D eigenvalue weighted by Gasteiger charge is -2.39. The molecule has 0 aliphatic heterocycles. The number of aromatic nitrogens is 2. The number of fused-ring (bicyclic) bond motifs is 3. The molecule has 2 bridgehead atoms. The Bertz CT molecular complexity index is 901. The molecule has 2 saturated carbocycles. The van der Waals surface area contributed by atoms with Crippen molar-refractivity contribution in [2.45, 2.75) is 52.6 Å². The lowest BCUT2D eigenvalue weighted by Crippen LogP contribution is -2.48. The fourth-order valence-electron chi connectivity index (χ4n) is 5.08. The fourth-order valence-corrected chi connectivity index (χ4v) is 5.08. The van der Waals surface area contributed by atoms with Gasteiger partial charge >= 0.3 is 0 Å². The monoisotopic (exact) mass is 339 g/mol. The number of carbonyl (C=O) groups excluding carboxylic acids is 1. The Hall–Kier alpha value is -2.17. The van der Waals surface area contributed by atoms with Crippen LogP contribution in [0, 0.1) is 16.7 Å². The van der Waals surface area contributed by atoms with Gasteiger partial charge in [-0.15, -0.1) is 0 Å². The van der Waals surface area contributed by atoms with Crippen LogP contribution in [0.3, 0.4) is 0 Å². The van der Waals surface area contributed by atoms with Crippen molar-refractivity contribution >= 4 is 16.9 Å². The molecular weight excluding hydrogens is 314 g/mol. The van der Waals surface area contributed by atoms with Gasteiger partial charge in [0.15, 0.2) is 0 Å². The molecule has 2 aliphatic carbocycles. The van der Waals surface area contributed by atoms with Crippen molar-refractivity contribution in [3.8, 4) is 0 Å². The number of para-hydroxylation sites is 2. The van der Waals surface area contributed by atoms with Gasteiger partial charge in [-0.1, -0.05) is 32.9 Å². The molecule has 1 aromatic heterocycles. The molecule has 0 spiro atoms. The Kier molecular flexibility index (Phi) is 3.53. The van der Waals surface area contributed by atoms with Gasteiger partial charge in [0.1, 0.15) is 6.54 Å². The van der Waals surface area contributed by atoms with Crippen LogP contribution in [0.1, 0.15) is 40.0 Å². The molecule has 2 aliphatic rings. The molecule has 0 unspecified atom stereocenters. The minimum absolute atomic E-state index is 0.0412. The summed E-state index contributed by atoms with van der Waals surface area (Å²) in [5.41, 5.74) is 1.57. The van der Waals surface area contributed by atoms with Crippen LogP contribution in [0.5, 0.6) is 0 Å². The first kappa shape index (κ1) is 16.3. The first-order valence-corrected chi connectivity index (χ1v) is 9.07. The van der Waals surface area contributed by atoms with Crippen LogP contribution < -0.4 is 10.9 Å². The van der Waals surface area contributed by atoms with Gasteiger partial charge in [-0.05, 0) is 48.1 Å². The average Bonchev–Trinajstić information content (AvgIpc) is 2.91. The van der Waals surface area contributed by atoms with Gasteiger partial charge in [-0.25, -0.2) is 4.98 Å². The van der Waals surface area contributed by atoms with E-state index in [-0.39, 0.29) is 34.9 Å². The number of hydrogen-bond donors (Lipinski definition) is 1. The van der Waals surface area contributed by atoms with E-state index in [1.165, 1.54) is 17.2 Å². The Labute approximate surface area is 147 Å². The number of nitrogens with one attached hydrogen (secondary N) is 1. The maximum absolute atomic E-state index is 12.7. The Balaban J connectivity index is 1.57. The van der Waals surface area contributed by atoms with E-state index in [0.29, 0.717) is 11.4 Å². The first-order chi connectivity index (χ1) is 11.8. The summed E-state index contributed by atoms with van der Waals surface area (Å²) in [6, 6.07) is 7.61. The van der Waals surface area contributed by atoms with Crippen LogP contribution in [-0.2, 0) is 11.3 Å². The molecule has 1 heterocycles. The van der Waals surface area contributed by atoms with Gasteiger partial charge in [0, 0.05) is 6.04 Å². The molecule has 2 fully saturated rings. The van der Waals surface area contributed by atoms with Crippen LogP contribution >= 0.6 is 0 Å². The number of amides is 1. The lowest BCUT2D eigenvalue weighted by molar-refractivity contribution is -0.123. The molecule has 0 saturated heterocycles. The van der Waals surface area contributed by atoms with Crippen molar-refractivity contribution in [3.05, 3.63) is 40.8 Å². The zero-order chi connectivity index (χ0) is 17.8. The summed E-state index contributed by atoms with van der Waals surface area (Å²) >= 11 is 0.